The van der Waals surface area contributed by atoms with Gasteiger partial charge in [0.1, 0.15) is 11.5 Å². The van der Waals surface area contributed by atoms with E-state index in [2.05, 4.69) is 161 Å². The van der Waals surface area contributed by atoms with Gasteiger partial charge in [-0.25, -0.2) is 0 Å². The summed E-state index contributed by atoms with van der Waals surface area (Å²) in [6.07, 6.45) is 3.82. The number of hydrogen-bond acceptors (Lipinski definition) is 2. The van der Waals surface area contributed by atoms with Gasteiger partial charge in [0, 0.05) is 17.4 Å². The van der Waals surface area contributed by atoms with Gasteiger partial charge in [-0.15, -0.1) is 0 Å². The smallest absolute Gasteiger partial charge is 0.256 e. The van der Waals surface area contributed by atoms with Gasteiger partial charge >= 0.3 is 0 Å². The van der Waals surface area contributed by atoms with Crippen molar-refractivity contribution in [3.8, 4) is 22.6 Å². The molecule has 0 amide bonds. The number of fused-ring (bicyclic) bond motifs is 6. The molecule has 4 aliphatic rings. The predicted octanol–water partition coefficient (Wildman–Crippen LogP) is 10.5. The van der Waals surface area contributed by atoms with E-state index >= 15 is 0 Å². The second kappa shape index (κ2) is 10.3. The molecule has 0 radical (unpaired) electrons. The molecule has 0 aromatic heterocycles. The quantitative estimate of drug-likeness (QED) is 0.177. The van der Waals surface area contributed by atoms with Crippen LogP contribution in [0.1, 0.15) is 119 Å². The summed E-state index contributed by atoms with van der Waals surface area (Å²) >= 11 is 0. The lowest BCUT2D eigenvalue weighted by molar-refractivity contribution is 0.159. The summed E-state index contributed by atoms with van der Waals surface area (Å²) in [5.74, 6) is 2.75. The van der Waals surface area contributed by atoms with Crippen LogP contribution in [-0.2, 0) is 16.2 Å². The Labute approximate surface area is 296 Å². The third-order valence-electron chi connectivity index (χ3n) is 12.9. The minimum absolute atomic E-state index is 0.0441. The van der Waals surface area contributed by atoms with Crippen molar-refractivity contribution in [3.05, 3.63) is 89.5 Å². The van der Waals surface area contributed by atoms with E-state index in [9.17, 15) is 0 Å². The van der Waals surface area contributed by atoms with Crippen molar-refractivity contribution in [2.45, 2.75) is 125 Å². The summed E-state index contributed by atoms with van der Waals surface area (Å²) < 4.78 is 7.05. The van der Waals surface area contributed by atoms with Crippen LogP contribution in [0.4, 0.5) is 11.4 Å². The van der Waals surface area contributed by atoms with Crippen LogP contribution >= 0.6 is 0 Å². The highest BCUT2D eigenvalue weighted by Crippen LogP contribution is 2.65. The maximum Gasteiger partial charge on any atom is 0.256 e. The fraction of sp³-hybridized carbons (Fsp3) is 0.478. The summed E-state index contributed by atoms with van der Waals surface area (Å²) in [5.41, 5.74) is 14.3. The summed E-state index contributed by atoms with van der Waals surface area (Å²) in [4.78, 5) is 2.81. The highest BCUT2D eigenvalue weighted by Gasteiger charge is 2.60. The summed E-state index contributed by atoms with van der Waals surface area (Å²) in [5, 5.41) is 0. The normalized spacial score (nSPS) is 23.6. The maximum absolute atomic E-state index is 7.05. The first-order valence-electron chi connectivity index (χ1n) is 18.8. The van der Waals surface area contributed by atoms with Crippen LogP contribution in [0.15, 0.2) is 72.8 Å². The van der Waals surface area contributed by atoms with Gasteiger partial charge in [0.05, 0.1) is 0 Å². The van der Waals surface area contributed by atoms with Crippen molar-refractivity contribution in [3.63, 3.8) is 0 Å². The van der Waals surface area contributed by atoms with E-state index in [0.717, 1.165) is 17.4 Å². The largest absolute Gasteiger partial charge is 0.458 e. The van der Waals surface area contributed by atoms with Crippen LogP contribution in [-0.4, -0.2) is 12.8 Å². The Morgan fingerprint density at radius 2 is 1.22 bits per heavy atom. The minimum atomic E-state index is 0.0441. The van der Waals surface area contributed by atoms with E-state index in [-0.39, 0.29) is 28.4 Å². The van der Waals surface area contributed by atoms with Gasteiger partial charge in [0.2, 0.25) is 0 Å². The summed E-state index contributed by atoms with van der Waals surface area (Å²) in [6, 6.07) is 29.0. The third-order valence-corrected chi connectivity index (χ3v) is 12.9. The molecule has 254 valence electrons. The average Bonchev–Trinajstić information content (AvgIpc) is 3.47. The van der Waals surface area contributed by atoms with Crippen molar-refractivity contribution in [2.75, 3.05) is 4.90 Å². The second-order valence-electron chi connectivity index (χ2n) is 20.1. The van der Waals surface area contributed by atoms with Crippen molar-refractivity contribution in [1.82, 2.24) is 0 Å². The van der Waals surface area contributed by atoms with Gasteiger partial charge in [-0.05, 0) is 121 Å². The van der Waals surface area contributed by atoms with E-state index in [1.165, 1.54) is 74.8 Å². The number of nitrogens with zero attached hydrogens (tertiary/aromatic N) is 1. The number of hydrogen-bond donors (Lipinski definition) is 0. The number of rotatable bonds is 2. The minimum Gasteiger partial charge on any atom is -0.458 e. The van der Waals surface area contributed by atoms with Gasteiger partial charge in [0.25, 0.3) is 6.71 Å². The van der Waals surface area contributed by atoms with Gasteiger partial charge < -0.3 is 9.64 Å². The fourth-order valence-corrected chi connectivity index (χ4v) is 10.1. The average molecular weight is 650 g/mol. The van der Waals surface area contributed by atoms with Crippen LogP contribution in [0.25, 0.3) is 11.1 Å². The molecule has 2 aliphatic heterocycles. The predicted molar refractivity (Wildman–Crippen MR) is 211 cm³/mol. The zero-order valence-electron chi connectivity index (χ0n) is 32.1. The van der Waals surface area contributed by atoms with E-state index in [1.807, 2.05) is 0 Å². The zero-order chi connectivity index (χ0) is 35.1. The van der Waals surface area contributed by atoms with Crippen molar-refractivity contribution < 1.29 is 4.74 Å². The lowest BCUT2D eigenvalue weighted by atomic mass is 9.33. The zero-order valence-corrected chi connectivity index (χ0v) is 32.1. The number of anilines is 2. The second-order valence-corrected chi connectivity index (χ2v) is 20.1. The number of ether oxygens (including phenoxy) is 1. The van der Waals surface area contributed by atoms with Crippen LogP contribution in [0, 0.1) is 16.7 Å². The molecule has 3 atom stereocenters. The Hall–Kier alpha value is -3.46. The van der Waals surface area contributed by atoms with Gasteiger partial charge in [-0.1, -0.05) is 132 Å². The molecule has 0 N–H and O–H groups in total. The topological polar surface area (TPSA) is 12.5 Å². The first kappa shape index (κ1) is 32.7. The maximum atomic E-state index is 7.05. The van der Waals surface area contributed by atoms with Crippen LogP contribution < -0.4 is 26.0 Å². The lowest BCUT2D eigenvalue weighted by Gasteiger charge is -2.50. The molecule has 2 heterocycles. The van der Waals surface area contributed by atoms with Gasteiger partial charge in [0.15, 0.2) is 0 Å². The third kappa shape index (κ3) is 5.12. The molecule has 4 aromatic carbocycles. The van der Waals surface area contributed by atoms with E-state index in [1.54, 1.807) is 0 Å². The van der Waals surface area contributed by atoms with Crippen LogP contribution in [0.2, 0.25) is 0 Å². The Balaban J connectivity index is 1.40. The fourth-order valence-electron chi connectivity index (χ4n) is 10.1. The molecule has 2 fully saturated rings. The highest BCUT2D eigenvalue weighted by molar-refractivity contribution is 6.99. The van der Waals surface area contributed by atoms with E-state index < -0.39 is 0 Å². The Kier molecular flexibility index (Phi) is 6.88. The summed E-state index contributed by atoms with van der Waals surface area (Å²) in [7, 11) is 0. The molecule has 2 nitrogen and oxygen atoms in total. The standard InChI is InChI=1S/C46H56BNO/c1-42(2,3)30-15-13-28(14-16-30)29-21-37-41-39(22-29)49-38-20-18-32(44(7,8)9)24-35(38)47(41)34-23-31(43(4,5)6)17-19-36(34)48(37)40-25-33-26-46(40,12)27-45(33,10)11/h13-24,33,40H,25-27H2,1-12H3. The van der Waals surface area contributed by atoms with Crippen molar-refractivity contribution in [2.24, 2.45) is 16.7 Å². The molecule has 0 spiro atoms. The summed E-state index contributed by atoms with van der Waals surface area (Å²) in [6.45, 7) is 28.6. The molecule has 8 rings (SSSR count). The Morgan fingerprint density at radius 1 is 0.633 bits per heavy atom. The molecule has 3 heteroatoms. The van der Waals surface area contributed by atoms with Crippen molar-refractivity contribution in [1.29, 1.82) is 0 Å². The molecule has 2 bridgehead atoms. The SMILES string of the molecule is CC(C)(C)c1ccc(-c2cc3c4c(c2)N(C2CC5CC2(C)CC5(C)C)c2ccc(C(C)(C)C)cc2B4c2cc(C(C)(C)C)ccc2O3)cc1. The Morgan fingerprint density at radius 3 is 1.80 bits per heavy atom. The molecular weight excluding hydrogens is 593 g/mol. The molecule has 2 saturated carbocycles. The lowest BCUT2D eigenvalue weighted by Crippen LogP contribution is -2.62. The molecule has 0 saturated heterocycles. The van der Waals surface area contributed by atoms with Crippen LogP contribution in [0.5, 0.6) is 11.5 Å². The van der Waals surface area contributed by atoms with E-state index in [4.69, 9.17) is 4.74 Å². The molecule has 3 unspecified atom stereocenters. The Bertz CT molecular complexity index is 1980. The molecule has 4 aromatic rings. The molecule has 2 aliphatic carbocycles. The van der Waals surface area contributed by atoms with Crippen LogP contribution in [0.3, 0.4) is 0 Å². The van der Waals surface area contributed by atoms with E-state index in [0.29, 0.717) is 11.5 Å². The first-order valence-corrected chi connectivity index (χ1v) is 18.8. The molecular formula is C46H56BNO. The van der Waals surface area contributed by atoms with Gasteiger partial charge in [-0.3, -0.25) is 0 Å². The highest BCUT2D eigenvalue weighted by atomic mass is 16.5. The molecule has 49 heavy (non-hydrogen) atoms. The number of benzene rings is 4. The first-order chi connectivity index (χ1) is 22.7. The van der Waals surface area contributed by atoms with Gasteiger partial charge in [-0.2, -0.15) is 0 Å². The monoisotopic (exact) mass is 649 g/mol. The van der Waals surface area contributed by atoms with Crippen molar-refractivity contribution >= 4 is 34.5 Å².